The Kier molecular flexibility index (Phi) is 6.29. The fourth-order valence-electron chi connectivity index (χ4n) is 5.53. The van der Waals surface area contributed by atoms with Gasteiger partial charge in [0.2, 0.25) is 0 Å². The first-order valence-corrected chi connectivity index (χ1v) is 13.1. The molecule has 0 spiro atoms. The predicted octanol–water partition coefficient (Wildman–Crippen LogP) is 4.58. The van der Waals surface area contributed by atoms with Gasteiger partial charge in [0.1, 0.15) is 5.52 Å². The lowest BCUT2D eigenvalue weighted by Gasteiger charge is -2.32. The third-order valence-electron chi connectivity index (χ3n) is 7.60. The number of carbonyl (C=O) groups is 1. The number of likely N-dealkylation sites (tertiary alicyclic amines) is 1. The molecule has 6 rings (SSSR count). The van der Waals surface area contributed by atoms with E-state index >= 15 is 0 Å². The molecule has 7 nitrogen and oxygen atoms in total. The summed E-state index contributed by atoms with van der Waals surface area (Å²) >= 11 is 0. The molecule has 7 heteroatoms. The fourth-order valence-corrected chi connectivity index (χ4v) is 5.53. The molecule has 0 bridgehead atoms. The van der Waals surface area contributed by atoms with Crippen LogP contribution < -0.4 is 10.9 Å². The first-order chi connectivity index (χ1) is 18.5. The maximum Gasteiger partial charge on any atom is 0.296 e. The van der Waals surface area contributed by atoms with Crippen molar-refractivity contribution >= 4 is 27.7 Å². The number of fused-ring (bicyclic) bond motifs is 3. The molecular formula is C31H31N5O2. The number of aromatic nitrogens is 3. The summed E-state index contributed by atoms with van der Waals surface area (Å²) in [6.07, 6.45) is 1.74. The van der Waals surface area contributed by atoms with Gasteiger partial charge in [0.25, 0.3) is 11.5 Å². The molecule has 1 amide bonds. The number of nitrogens with one attached hydrogen (secondary N) is 1. The van der Waals surface area contributed by atoms with E-state index in [1.807, 2.05) is 73.1 Å². The van der Waals surface area contributed by atoms with Gasteiger partial charge in [-0.2, -0.15) is 9.78 Å². The quantitative estimate of drug-likeness (QED) is 0.380. The van der Waals surface area contributed by atoms with Crippen LogP contribution in [0.5, 0.6) is 0 Å². The Morgan fingerprint density at radius 1 is 0.947 bits per heavy atom. The van der Waals surface area contributed by atoms with E-state index in [-0.39, 0.29) is 23.2 Å². The minimum atomic E-state index is -0.242. The Hall–Kier alpha value is -4.23. The van der Waals surface area contributed by atoms with Crippen molar-refractivity contribution in [3.63, 3.8) is 0 Å². The highest BCUT2D eigenvalue weighted by molar-refractivity contribution is 6.16. The van der Waals surface area contributed by atoms with E-state index in [0.29, 0.717) is 16.6 Å². The number of amides is 1. The van der Waals surface area contributed by atoms with E-state index in [1.165, 1.54) is 10.2 Å². The van der Waals surface area contributed by atoms with Gasteiger partial charge < -0.3 is 9.88 Å². The van der Waals surface area contributed by atoms with Crippen LogP contribution >= 0.6 is 0 Å². The van der Waals surface area contributed by atoms with E-state index in [2.05, 4.69) is 39.6 Å². The second-order valence-electron chi connectivity index (χ2n) is 10.2. The lowest BCUT2D eigenvalue weighted by atomic mass is 10.0. The Morgan fingerprint density at radius 3 is 2.37 bits per heavy atom. The Labute approximate surface area is 221 Å². The molecule has 3 aromatic carbocycles. The summed E-state index contributed by atoms with van der Waals surface area (Å²) in [4.78, 5) is 29.9. The molecule has 192 valence electrons. The van der Waals surface area contributed by atoms with Gasteiger partial charge in [0.15, 0.2) is 5.69 Å². The molecule has 2 aromatic heterocycles. The van der Waals surface area contributed by atoms with Crippen LogP contribution in [0.25, 0.3) is 27.5 Å². The van der Waals surface area contributed by atoms with Crippen molar-refractivity contribution in [2.24, 2.45) is 7.05 Å². The minimum Gasteiger partial charge on any atom is -0.348 e. The van der Waals surface area contributed by atoms with Crippen LogP contribution in [-0.4, -0.2) is 44.3 Å². The molecule has 3 heterocycles. The summed E-state index contributed by atoms with van der Waals surface area (Å²) in [6.45, 7) is 4.75. The summed E-state index contributed by atoms with van der Waals surface area (Å²) in [5, 5.41) is 9.37. The number of carbonyl (C=O) groups excluding carboxylic acids is 1. The zero-order chi connectivity index (χ0) is 26.2. The average molecular weight is 506 g/mol. The maximum atomic E-state index is 13.8. The zero-order valence-electron chi connectivity index (χ0n) is 21.7. The lowest BCUT2D eigenvalue weighted by Crippen LogP contribution is -2.45. The van der Waals surface area contributed by atoms with Gasteiger partial charge in [-0.3, -0.25) is 14.5 Å². The first-order valence-electron chi connectivity index (χ1n) is 13.1. The third kappa shape index (κ3) is 4.39. The summed E-state index contributed by atoms with van der Waals surface area (Å²) in [7, 11) is 1.87. The minimum absolute atomic E-state index is 0.0566. The van der Waals surface area contributed by atoms with Crippen molar-refractivity contribution in [3.05, 3.63) is 106 Å². The van der Waals surface area contributed by atoms with Crippen molar-refractivity contribution in [1.82, 2.24) is 24.6 Å². The monoisotopic (exact) mass is 505 g/mol. The standard InChI is InChI=1S/C31H31N5O2/c1-21-12-14-24(15-13-21)36-31(38)29-27(25-10-6-7-11-26(25)34(29)2)28(33-36)30(37)32-23-16-18-35(19-17-23)20-22-8-4-3-5-9-22/h3-15,23H,16-20H2,1-2H3,(H,32,37). The van der Waals surface area contributed by atoms with E-state index < -0.39 is 0 Å². The molecule has 38 heavy (non-hydrogen) atoms. The molecule has 1 aliphatic heterocycles. The molecule has 1 saturated heterocycles. The van der Waals surface area contributed by atoms with Crippen molar-refractivity contribution in [2.45, 2.75) is 32.4 Å². The van der Waals surface area contributed by atoms with Gasteiger partial charge in [-0.15, -0.1) is 0 Å². The zero-order valence-corrected chi connectivity index (χ0v) is 21.7. The van der Waals surface area contributed by atoms with Gasteiger partial charge in [-0.05, 0) is 43.5 Å². The van der Waals surface area contributed by atoms with Gasteiger partial charge in [0.05, 0.1) is 5.69 Å². The highest BCUT2D eigenvalue weighted by Crippen LogP contribution is 2.28. The SMILES string of the molecule is Cc1ccc(-n2nc(C(=O)NC3CCN(Cc4ccccc4)CC3)c3c4ccccc4n(C)c3c2=O)cc1. The number of rotatable bonds is 5. The fraction of sp³-hybridized carbons (Fsp3) is 0.258. The van der Waals surface area contributed by atoms with Crippen molar-refractivity contribution in [2.75, 3.05) is 13.1 Å². The lowest BCUT2D eigenvalue weighted by molar-refractivity contribution is 0.0904. The number of hydrogen-bond donors (Lipinski definition) is 1. The summed E-state index contributed by atoms with van der Waals surface area (Å²) in [5.74, 6) is -0.242. The average Bonchev–Trinajstić information content (AvgIpc) is 3.24. The number of para-hydroxylation sites is 1. The topological polar surface area (TPSA) is 72.2 Å². The van der Waals surface area contributed by atoms with E-state index in [0.717, 1.165) is 48.9 Å². The van der Waals surface area contributed by atoms with Crippen molar-refractivity contribution in [1.29, 1.82) is 0 Å². The third-order valence-corrected chi connectivity index (χ3v) is 7.60. The molecule has 0 radical (unpaired) electrons. The van der Waals surface area contributed by atoms with Gasteiger partial charge >= 0.3 is 0 Å². The summed E-state index contributed by atoms with van der Waals surface area (Å²) in [6, 6.07) is 25.9. The van der Waals surface area contributed by atoms with E-state index in [1.54, 1.807) is 0 Å². The molecule has 0 unspecified atom stereocenters. The molecule has 1 aliphatic rings. The maximum absolute atomic E-state index is 13.8. The summed E-state index contributed by atoms with van der Waals surface area (Å²) in [5.41, 5.74) is 4.43. The van der Waals surface area contributed by atoms with Gasteiger partial charge in [0, 0.05) is 49.0 Å². The van der Waals surface area contributed by atoms with Crippen LogP contribution in [0.15, 0.2) is 83.7 Å². The molecule has 0 atom stereocenters. The number of piperidine rings is 1. The smallest absolute Gasteiger partial charge is 0.296 e. The second-order valence-corrected chi connectivity index (χ2v) is 10.2. The van der Waals surface area contributed by atoms with Gasteiger partial charge in [-0.25, -0.2) is 0 Å². The Morgan fingerprint density at radius 2 is 1.63 bits per heavy atom. The molecular weight excluding hydrogens is 474 g/mol. The molecule has 0 aliphatic carbocycles. The first kappa shape index (κ1) is 24.1. The Bertz CT molecular complexity index is 1680. The normalized spacial score (nSPS) is 14.8. The molecule has 1 fully saturated rings. The highest BCUT2D eigenvalue weighted by atomic mass is 16.2. The summed E-state index contributed by atoms with van der Waals surface area (Å²) < 4.78 is 3.23. The van der Waals surface area contributed by atoms with Gasteiger partial charge in [-0.1, -0.05) is 66.2 Å². The van der Waals surface area contributed by atoms with Crippen LogP contribution in [-0.2, 0) is 13.6 Å². The molecule has 1 N–H and O–H groups in total. The highest BCUT2D eigenvalue weighted by Gasteiger charge is 2.26. The van der Waals surface area contributed by atoms with E-state index in [4.69, 9.17) is 0 Å². The van der Waals surface area contributed by atoms with Crippen LogP contribution in [0.2, 0.25) is 0 Å². The molecule has 0 saturated carbocycles. The van der Waals surface area contributed by atoms with Crippen LogP contribution in [0.1, 0.15) is 34.5 Å². The van der Waals surface area contributed by atoms with Crippen molar-refractivity contribution in [3.8, 4) is 5.69 Å². The number of hydrogen-bond acceptors (Lipinski definition) is 4. The number of aryl methyl sites for hydroxylation is 2. The van der Waals surface area contributed by atoms with Crippen molar-refractivity contribution < 1.29 is 4.79 Å². The second kappa shape index (κ2) is 9.91. The number of benzene rings is 3. The Balaban J connectivity index is 1.34. The van der Waals surface area contributed by atoms with Crippen LogP contribution in [0.3, 0.4) is 0 Å². The van der Waals surface area contributed by atoms with E-state index in [9.17, 15) is 9.59 Å². The van der Waals surface area contributed by atoms with Crippen LogP contribution in [0.4, 0.5) is 0 Å². The largest absolute Gasteiger partial charge is 0.348 e. The number of nitrogens with zero attached hydrogens (tertiary/aromatic N) is 4. The van der Waals surface area contributed by atoms with Crippen LogP contribution in [0, 0.1) is 6.92 Å². The predicted molar refractivity (Wildman–Crippen MR) is 151 cm³/mol. The molecule has 5 aromatic rings.